The summed E-state index contributed by atoms with van der Waals surface area (Å²) in [5.41, 5.74) is 0.672. The van der Waals surface area contributed by atoms with Gasteiger partial charge >= 0.3 is 12.2 Å². The van der Waals surface area contributed by atoms with E-state index >= 15 is 0 Å². The molecule has 1 saturated heterocycles. The number of aromatic nitrogens is 1. The first-order valence-corrected chi connectivity index (χ1v) is 16.7. The number of carbonyl (C=O) groups excluding carboxylic acids is 2. The summed E-state index contributed by atoms with van der Waals surface area (Å²) in [6.07, 6.45) is -0.577. The highest BCUT2D eigenvalue weighted by molar-refractivity contribution is 7.15. The fourth-order valence-corrected chi connectivity index (χ4v) is 6.91. The second-order valence-electron chi connectivity index (χ2n) is 14.2. The molecule has 3 rings (SSSR count). The quantitative estimate of drug-likeness (QED) is 0.228. The molecule has 0 spiro atoms. The molecule has 2 heterocycles. The molecule has 1 atom stereocenters. The van der Waals surface area contributed by atoms with Crippen molar-refractivity contribution in [3.63, 3.8) is 0 Å². The zero-order valence-electron chi connectivity index (χ0n) is 29.1. The van der Waals surface area contributed by atoms with Crippen LogP contribution in [0, 0.1) is 5.92 Å². The standard InChI is InChI=1S/C33H51N7O6S/c1-21(41)34-28-36-25(26(47-28)20-38-18-10-11-23(19-38)27(42)37(8)9)17-14-22-12-15-24(16-13-22)35-29(39(30(43)44)32(2,3)4)40(31(45)46)33(5,6)7/h12-13,15-16,23,29,35H,10-11,14,17-20H2,1-9H3,(H,43,44)(H,45,46)(H,34,36,41)/t23-/m0/s1. The summed E-state index contributed by atoms with van der Waals surface area (Å²) >= 11 is 1.46. The van der Waals surface area contributed by atoms with Crippen molar-refractivity contribution < 1.29 is 29.4 Å². The normalized spacial score (nSPS) is 15.7. The van der Waals surface area contributed by atoms with Crippen LogP contribution in [0.1, 0.15) is 77.4 Å². The lowest BCUT2D eigenvalue weighted by Crippen LogP contribution is -2.66. The molecular weight excluding hydrogens is 622 g/mol. The molecule has 14 heteroatoms. The third-order valence-electron chi connectivity index (χ3n) is 7.97. The monoisotopic (exact) mass is 673 g/mol. The Balaban J connectivity index is 1.80. The van der Waals surface area contributed by atoms with Gasteiger partial charge in [0.15, 0.2) is 11.4 Å². The van der Waals surface area contributed by atoms with E-state index in [-0.39, 0.29) is 17.7 Å². The van der Waals surface area contributed by atoms with E-state index < -0.39 is 29.6 Å². The van der Waals surface area contributed by atoms with E-state index in [2.05, 4.69) is 15.5 Å². The van der Waals surface area contributed by atoms with Gasteiger partial charge in [0.2, 0.25) is 11.8 Å². The van der Waals surface area contributed by atoms with Gasteiger partial charge in [0, 0.05) is 55.8 Å². The molecule has 47 heavy (non-hydrogen) atoms. The van der Waals surface area contributed by atoms with E-state index in [0.29, 0.717) is 36.8 Å². The predicted molar refractivity (Wildman–Crippen MR) is 184 cm³/mol. The molecule has 2 aromatic rings. The number of thiazole rings is 1. The summed E-state index contributed by atoms with van der Waals surface area (Å²) in [6, 6.07) is 7.47. The molecule has 1 fully saturated rings. The lowest BCUT2D eigenvalue weighted by molar-refractivity contribution is -0.134. The van der Waals surface area contributed by atoms with Crippen molar-refractivity contribution in [1.29, 1.82) is 0 Å². The summed E-state index contributed by atoms with van der Waals surface area (Å²) in [5, 5.41) is 26.8. The van der Waals surface area contributed by atoms with Gasteiger partial charge in [-0.05, 0) is 91.5 Å². The van der Waals surface area contributed by atoms with Crippen LogP contribution in [0.4, 0.5) is 20.4 Å². The Morgan fingerprint density at radius 3 is 2.04 bits per heavy atom. The van der Waals surface area contributed by atoms with Gasteiger partial charge in [-0.1, -0.05) is 12.1 Å². The average molecular weight is 674 g/mol. The van der Waals surface area contributed by atoms with E-state index in [0.717, 1.165) is 45.3 Å². The highest BCUT2D eigenvalue weighted by Crippen LogP contribution is 2.30. The van der Waals surface area contributed by atoms with Crippen LogP contribution < -0.4 is 10.6 Å². The second kappa shape index (κ2) is 15.3. The van der Waals surface area contributed by atoms with Crippen LogP contribution in [0.25, 0.3) is 0 Å². The molecule has 0 unspecified atom stereocenters. The smallest absolute Gasteiger partial charge is 0.410 e. The molecule has 4 N–H and O–H groups in total. The minimum Gasteiger partial charge on any atom is -0.465 e. The molecule has 1 aromatic carbocycles. The zero-order valence-corrected chi connectivity index (χ0v) is 29.9. The van der Waals surface area contributed by atoms with Gasteiger partial charge in [0.25, 0.3) is 0 Å². The number of amides is 4. The van der Waals surface area contributed by atoms with E-state index in [1.54, 1.807) is 60.5 Å². The zero-order chi connectivity index (χ0) is 35.3. The second-order valence-corrected chi connectivity index (χ2v) is 15.3. The first kappa shape index (κ1) is 37.5. The minimum atomic E-state index is -1.25. The lowest BCUT2D eigenvalue weighted by Gasteiger charge is -2.48. The Hall–Kier alpha value is -3.91. The van der Waals surface area contributed by atoms with Gasteiger partial charge in [-0.3, -0.25) is 24.3 Å². The fourth-order valence-electron chi connectivity index (χ4n) is 5.82. The summed E-state index contributed by atoms with van der Waals surface area (Å²) in [6.45, 7) is 14.0. The maximum Gasteiger partial charge on any atom is 0.410 e. The number of nitrogens with one attached hydrogen (secondary N) is 2. The molecule has 4 amide bonds. The first-order chi connectivity index (χ1) is 21.8. The number of carbonyl (C=O) groups is 4. The summed E-state index contributed by atoms with van der Waals surface area (Å²) < 4.78 is 0. The Morgan fingerprint density at radius 1 is 0.979 bits per heavy atom. The van der Waals surface area contributed by atoms with Crippen LogP contribution in [-0.2, 0) is 29.0 Å². The van der Waals surface area contributed by atoms with Crippen molar-refractivity contribution in [3.05, 3.63) is 40.4 Å². The summed E-state index contributed by atoms with van der Waals surface area (Å²) in [4.78, 5) is 61.2. The summed E-state index contributed by atoms with van der Waals surface area (Å²) in [7, 11) is 3.58. The number of rotatable bonds is 11. The van der Waals surface area contributed by atoms with Crippen molar-refractivity contribution in [3.8, 4) is 0 Å². The molecule has 0 saturated carbocycles. The van der Waals surface area contributed by atoms with Crippen LogP contribution in [0.2, 0.25) is 0 Å². The Bertz CT molecular complexity index is 1380. The minimum absolute atomic E-state index is 0.0337. The highest BCUT2D eigenvalue weighted by Gasteiger charge is 2.43. The van der Waals surface area contributed by atoms with Gasteiger partial charge in [-0.2, -0.15) is 0 Å². The van der Waals surface area contributed by atoms with Crippen LogP contribution in [0.3, 0.4) is 0 Å². The van der Waals surface area contributed by atoms with E-state index in [1.807, 2.05) is 24.3 Å². The van der Waals surface area contributed by atoms with Crippen molar-refractivity contribution >= 4 is 46.2 Å². The van der Waals surface area contributed by atoms with Gasteiger partial charge in [-0.25, -0.2) is 14.6 Å². The topological polar surface area (TPSA) is 159 Å². The van der Waals surface area contributed by atoms with Crippen LogP contribution in [0.15, 0.2) is 24.3 Å². The Kier molecular flexibility index (Phi) is 12.2. The molecule has 1 aliphatic rings. The molecular formula is C33H51N7O6S. The largest absolute Gasteiger partial charge is 0.465 e. The third kappa shape index (κ3) is 10.3. The molecule has 0 radical (unpaired) electrons. The number of anilines is 2. The number of hydrogen-bond acceptors (Lipinski definition) is 8. The van der Waals surface area contributed by atoms with Gasteiger partial charge in [0.1, 0.15) is 0 Å². The van der Waals surface area contributed by atoms with E-state index in [4.69, 9.17) is 4.98 Å². The fraction of sp³-hybridized carbons (Fsp3) is 0.606. The highest BCUT2D eigenvalue weighted by atomic mass is 32.1. The third-order valence-corrected chi connectivity index (χ3v) is 8.97. The maximum atomic E-state index is 12.6. The number of nitrogens with zero attached hydrogens (tertiary/aromatic N) is 5. The summed E-state index contributed by atoms with van der Waals surface area (Å²) in [5.74, 6) is -0.0760. The molecule has 1 aromatic heterocycles. The molecule has 0 aliphatic carbocycles. The number of aryl methyl sites for hydroxylation is 2. The maximum absolute atomic E-state index is 12.6. The number of likely N-dealkylation sites (tertiary alicyclic amines) is 1. The first-order valence-electron chi connectivity index (χ1n) is 15.9. The van der Waals surface area contributed by atoms with Gasteiger partial charge < -0.3 is 25.7 Å². The van der Waals surface area contributed by atoms with Gasteiger partial charge in [-0.15, -0.1) is 11.3 Å². The number of benzene rings is 1. The molecule has 1 aliphatic heterocycles. The molecule has 0 bridgehead atoms. The van der Waals surface area contributed by atoms with Crippen molar-refractivity contribution in [2.45, 2.75) is 98.1 Å². The average Bonchev–Trinajstić information content (AvgIpc) is 3.30. The van der Waals surface area contributed by atoms with Gasteiger partial charge in [0.05, 0.1) is 11.6 Å². The SMILES string of the molecule is CC(=O)Nc1nc(CCc2ccc(NC(N(C(=O)O)C(C)(C)C)N(C(=O)O)C(C)(C)C)cc2)c(CN2CCC[C@H](C(=O)N(C)C)C2)s1. The van der Waals surface area contributed by atoms with Crippen LogP contribution in [0.5, 0.6) is 0 Å². The van der Waals surface area contributed by atoms with Crippen molar-refractivity contribution in [1.82, 2.24) is 24.6 Å². The van der Waals surface area contributed by atoms with E-state index in [9.17, 15) is 29.4 Å². The number of piperidine rings is 1. The predicted octanol–water partition coefficient (Wildman–Crippen LogP) is 5.44. The number of carboxylic acid groups (broad SMARTS) is 2. The van der Waals surface area contributed by atoms with E-state index in [1.165, 1.54) is 18.3 Å². The molecule has 13 nitrogen and oxygen atoms in total. The Morgan fingerprint density at radius 2 is 1.55 bits per heavy atom. The van der Waals surface area contributed by atoms with Crippen molar-refractivity contribution in [2.24, 2.45) is 5.92 Å². The van der Waals surface area contributed by atoms with Crippen LogP contribution in [-0.4, -0.2) is 103 Å². The Labute approximate surface area is 281 Å². The van der Waals surface area contributed by atoms with Crippen molar-refractivity contribution in [2.75, 3.05) is 37.8 Å². The number of hydrogen-bond donors (Lipinski definition) is 4. The molecule has 260 valence electrons. The van der Waals surface area contributed by atoms with Crippen LogP contribution >= 0.6 is 11.3 Å². The lowest BCUT2D eigenvalue weighted by atomic mass is 9.96.